The highest BCUT2D eigenvalue weighted by atomic mass is 16.5. The molecule has 18 heavy (non-hydrogen) atoms. The summed E-state index contributed by atoms with van der Waals surface area (Å²) in [5, 5.41) is 3.19. The van der Waals surface area contributed by atoms with Gasteiger partial charge in [-0.05, 0) is 19.0 Å². The maximum absolute atomic E-state index is 5.19. The van der Waals surface area contributed by atoms with Crippen LogP contribution in [0.15, 0.2) is 18.3 Å². The predicted octanol–water partition coefficient (Wildman–Crippen LogP) is 1.91. The number of ether oxygens (including phenoxy) is 1. The Morgan fingerprint density at radius 3 is 2.83 bits per heavy atom. The molecule has 0 spiro atoms. The Kier molecular flexibility index (Phi) is 6.68. The van der Waals surface area contributed by atoms with Crippen molar-refractivity contribution in [2.45, 2.75) is 20.4 Å². The molecule has 0 aliphatic carbocycles. The molecule has 0 saturated heterocycles. The molecule has 0 amide bonds. The molecule has 0 aromatic carbocycles. The van der Waals surface area contributed by atoms with E-state index in [9.17, 15) is 0 Å². The van der Waals surface area contributed by atoms with E-state index >= 15 is 0 Å². The quantitative estimate of drug-likeness (QED) is 0.766. The van der Waals surface area contributed by atoms with Crippen molar-refractivity contribution in [2.24, 2.45) is 5.92 Å². The molecular formula is C14H25N3O. The molecule has 0 saturated carbocycles. The van der Waals surface area contributed by atoms with Gasteiger partial charge >= 0.3 is 0 Å². The molecule has 1 aromatic rings. The van der Waals surface area contributed by atoms with E-state index in [2.05, 4.69) is 35.1 Å². The van der Waals surface area contributed by atoms with Crippen molar-refractivity contribution >= 4 is 5.82 Å². The molecule has 0 atom stereocenters. The fraction of sp³-hybridized carbons (Fsp3) is 0.643. The Bertz CT molecular complexity index is 342. The zero-order chi connectivity index (χ0) is 13.4. The normalized spacial score (nSPS) is 10.9. The minimum atomic E-state index is 0.603. The predicted molar refractivity (Wildman–Crippen MR) is 75.9 cm³/mol. The Morgan fingerprint density at radius 1 is 1.44 bits per heavy atom. The van der Waals surface area contributed by atoms with Gasteiger partial charge in [0.2, 0.25) is 0 Å². The molecule has 0 aliphatic heterocycles. The van der Waals surface area contributed by atoms with Crippen molar-refractivity contribution in [1.29, 1.82) is 0 Å². The first-order chi connectivity index (χ1) is 8.69. The summed E-state index contributed by atoms with van der Waals surface area (Å²) in [6.07, 6.45) is 1.86. The number of nitrogens with zero attached hydrogens (tertiary/aromatic N) is 2. The lowest BCUT2D eigenvalue weighted by Crippen LogP contribution is -2.33. The van der Waals surface area contributed by atoms with Gasteiger partial charge in [-0.15, -0.1) is 0 Å². The molecule has 4 nitrogen and oxygen atoms in total. The standard InChI is InChI=1S/C14H25N3O/c1-12(2)11-17(8-9-18-4)14-13(10-15-3)6-5-7-16-14/h5-7,12,15H,8-11H2,1-4H3. The number of nitrogens with one attached hydrogen (secondary N) is 1. The molecule has 0 radical (unpaired) electrons. The number of rotatable bonds is 8. The third-order valence-corrected chi connectivity index (χ3v) is 2.69. The van der Waals surface area contributed by atoms with E-state index < -0.39 is 0 Å². The molecular weight excluding hydrogens is 226 g/mol. The van der Waals surface area contributed by atoms with Crippen molar-refractivity contribution in [3.05, 3.63) is 23.9 Å². The van der Waals surface area contributed by atoms with E-state index in [0.29, 0.717) is 5.92 Å². The summed E-state index contributed by atoms with van der Waals surface area (Å²) >= 11 is 0. The van der Waals surface area contributed by atoms with Crippen molar-refractivity contribution in [3.8, 4) is 0 Å². The number of pyridine rings is 1. The Balaban J connectivity index is 2.88. The zero-order valence-corrected chi connectivity index (χ0v) is 11.9. The van der Waals surface area contributed by atoms with Crippen LogP contribution in [0.3, 0.4) is 0 Å². The summed E-state index contributed by atoms with van der Waals surface area (Å²) in [7, 11) is 3.69. The van der Waals surface area contributed by atoms with E-state index in [-0.39, 0.29) is 0 Å². The van der Waals surface area contributed by atoms with Crippen LogP contribution in [0.4, 0.5) is 5.82 Å². The van der Waals surface area contributed by atoms with Crippen molar-refractivity contribution in [1.82, 2.24) is 10.3 Å². The summed E-state index contributed by atoms with van der Waals surface area (Å²) in [5.74, 6) is 1.67. The fourth-order valence-corrected chi connectivity index (χ4v) is 1.97. The molecule has 1 N–H and O–H groups in total. The Hall–Kier alpha value is -1.13. The number of hydrogen-bond donors (Lipinski definition) is 1. The van der Waals surface area contributed by atoms with E-state index in [4.69, 9.17) is 4.74 Å². The van der Waals surface area contributed by atoms with Crippen molar-refractivity contribution < 1.29 is 4.74 Å². The SMILES string of the molecule is CNCc1cccnc1N(CCOC)CC(C)C. The van der Waals surface area contributed by atoms with E-state index in [1.807, 2.05) is 19.3 Å². The fourth-order valence-electron chi connectivity index (χ4n) is 1.97. The average Bonchev–Trinajstić information content (AvgIpc) is 2.35. The molecule has 1 heterocycles. The second-order valence-electron chi connectivity index (χ2n) is 4.85. The minimum Gasteiger partial charge on any atom is -0.383 e. The van der Waals surface area contributed by atoms with Gasteiger partial charge in [-0.25, -0.2) is 4.98 Å². The first-order valence-electron chi connectivity index (χ1n) is 6.51. The number of hydrogen-bond acceptors (Lipinski definition) is 4. The van der Waals surface area contributed by atoms with Gasteiger partial charge in [0.15, 0.2) is 0 Å². The highest BCUT2D eigenvalue weighted by molar-refractivity contribution is 5.46. The summed E-state index contributed by atoms with van der Waals surface area (Å²) in [4.78, 5) is 6.84. The third kappa shape index (κ3) is 4.63. The lowest BCUT2D eigenvalue weighted by atomic mass is 10.1. The van der Waals surface area contributed by atoms with Crippen LogP contribution in [0.25, 0.3) is 0 Å². The largest absolute Gasteiger partial charge is 0.383 e. The lowest BCUT2D eigenvalue weighted by molar-refractivity contribution is 0.204. The summed E-state index contributed by atoms with van der Waals surface area (Å²) in [6.45, 7) is 7.88. The van der Waals surface area contributed by atoms with Crippen molar-refractivity contribution in [2.75, 3.05) is 38.8 Å². The van der Waals surface area contributed by atoms with Gasteiger partial charge in [-0.2, -0.15) is 0 Å². The Labute approximate surface area is 110 Å². The van der Waals surface area contributed by atoms with Crippen LogP contribution in [-0.2, 0) is 11.3 Å². The Morgan fingerprint density at radius 2 is 2.22 bits per heavy atom. The van der Waals surface area contributed by atoms with Crippen LogP contribution in [0.1, 0.15) is 19.4 Å². The van der Waals surface area contributed by atoms with E-state index in [1.54, 1.807) is 7.11 Å². The maximum atomic E-state index is 5.19. The van der Waals surface area contributed by atoms with Crippen LogP contribution in [0.5, 0.6) is 0 Å². The summed E-state index contributed by atoms with van der Waals surface area (Å²) in [6, 6.07) is 4.11. The second-order valence-corrected chi connectivity index (χ2v) is 4.85. The molecule has 0 bridgehead atoms. The summed E-state index contributed by atoms with van der Waals surface area (Å²) < 4.78 is 5.19. The van der Waals surface area contributed by atoms with Gasteiger partial charge in [-0.3, -0.25) is 0 Å². The minimum absolute atomic E-state index is 0.603. The first kappa shape index (κ1) is 14.9. The second kappa shape index (κ2) is 8.06. The van der Waals surface area contributed by atoms with Crippen LogP contribution in [0.2, 0.25) is 0 Å². The van der Waals surface area contributed by atoms with Crippen LogP contribution >= 0.6 is 0 Å². The summed E-state index contributed by atoms with van der Waals surface area (Å²) in [5.41, 5.74) is 1.23. The molecule has 102 valence electrons. The number of methoxy groups -OCH3 is 1. The van der Waals surface area contributed by atoms with Crippen molar-refractivity contribution in [3.63, 3.8) is 0 Å². The van der Waals surface area contributed by atoms with Crippen LogP contribution in [-0.4, -0.2) is 38.8 Å². The van der Waals surface area contributed by atoms with Crippen LogP contribution in [0, 0.1) is 5.92 Å². The molecule has 4 heteroatoms. The average molecular weight is 251 g/mol. The first-order valence-corrected chi connectivity index (χ1v) is 6.51. The lowest BCUT2D eigenvalue weighted by Gasteiger charge is -2.27. The monoisotopic (exact) mass is 251 g/mol. The molecule has 0 unspecified atom stereocenters. The van der Waals surface area contributed by atoms with E-state index in [1.165, 1.54) is 5.56 Å². The van der Waals surface area contributed by atoms with Gasteiger partial charge < -0.3 is 15.0 Å². The maximum Gasteiger partial charge on any atom is 0.133 e. The van der Waals surface area contributed by atoms with Gasteiger partial charge in [0.05, 0.1) is 6.61 Å². The third-order valence-electron chi connectivity index (χ3n) is 2.69. The van der Waals surface area contributed by atoms with Gasteiger partial charge in [-0.1, -0.05) is 19.9 Å². The van der Waals surface area contributed by atoms with Gasteiger partial charge in [0.1, 0.15) is 5.82 Å². The van der Waals surface area contributed by atoms with Gasteiger partial charge in [0, 0.05) is 38.5 Å². The number of aromatic nitrogens is 1. The van der Waals surface area contributed by atoms with E-state index in [0.717, 1.165) is 32.1 Å². The van der Waals surface area contributed by atoms with Gasteiger partial charge in [0.25, 0.3) is 0 Å². The molecule has 1 aromatic heterocycles. The number of anilines is 1. The molecule has 0 fully saturated rings. The highest BCUT2D eigenvalue weighted by Gasteiger charge is 2.13. The zero-order valence-electron chi connectivity index (χ0n) is 11.9. The topological polar surface area (TPSA) is 37.4 Å². The molecule has 1 rings (SSSR count). The molecule has 0 aliphatic rings. The van der Waals surface area contributed by atoms with Crippen LogP contribution < -0.4 is 10.2 Å². The highest BCUT2D eigenvalue weighted by Crippen LogP contribution is 2.18. The smallest absolute Gasteiger partial charge is 0.133 e.